The molecule has 0 spiro atoms. The Morgan fingerprint density at radius 3 is 1.76 bits per heavy atom. The van der Waals surface area contributed by atoms with Gasteiger partial charge in [-0.1, -0.05) is 60.7 Å². The highest BCUT2D eigenvalue weighted by Crippen LogP contribution is 2.24. The summed E-state index contributed by atoms with van der Waals surface area (Å²) < 4.78 is 10.4. The molecule has 0 aliphatic carbocycles. The minimum atomic E-state index is -1.13. The van der Waals surface area contributed by atoms with Crippen molar-refractivity contribution in [3.63, 3.8) is 0 Å². The summed E-state index contributed by atoms with van der Waals surface area (Å²) in [7, 11) is 0. The Morgan fingerprint density at radius 2 is 1.27 bits per heavy atom. The molecule has 0 bridgehead atoms. The zero-order valence-corrected chi connectivity index (χ0v) is 29.0. The van der Waals surface area contributed by atoms with Crippen LogP contribution in [0.3, 0.4) is 0 Å². The number of rotatable bonds is 21. The Kier molecular flexibility index (Phi) is 18.3. The predicted octanol–water partition coefficient (Wildman–Crippen LogP) is 4.48. The van der Waals surface area contributed by atoms with Crippen molar-refractivity contribution in [3.8, 4) is 0 Å². The smallest absolute Gasteiger partial charge is 0.407 e. The maximum Gasteiger partial charge on any atom is 0.407 e. The zero-order valence-electron chi connectivity index (χ0n) is 29.0. The van der Waals surface area contributed by atoms with Crippen molar-refractivity contribution in [1.82, 2.24) is 20.9 Å². The number of carboxylic acid groups (broad SMARTS) is 1. The van der Waals surface area contributed by atoms with E-state index in [0.29, 0.717) is 38.6 Å². The van der Waals surface area contributed by atoms with E-state index in [9.17, 15) is 29.1 Å². The van der Waals surface area contributed by atoms with E-state index in [4.69, 9.17) is 15.2 Å². The van der Waals surface area contributed by atoms with Crippen molar-refractivity contribution in [2.45, 2.75) is 103 Å². The molecule has 2 rings (SSSR count). The normalized spacial score (nSPS) is 12.2. The van der Waals surface area contributed by atoms with E-state index in [1.165, 1.54) is 4.90 Å². The molecule has 0 saturated heterocycles. The third-order valence-electron chi connectivity index (χ3n) is 7.59. The number of nitrogens with one attached hydrogen (secondary N) is 3. The van der Waals surface area contributed by atoms with Gasteiger partial charge in [0.25, 0.3) is 0 Å². The standard InChI is InChI=1S/C36H53N5O8/c1-36(2,3)41(30(33(44)45)20-10-12-22-37)32(43)29(19-11-13-23-38-34(46)48-25-27-15-6-4-7-16-27)40-31(42)21-14-24-39-35(47)49-26-28-17-8-5-9-18-28/h4-9,15-18,29-30H,10-14,19-26,37H2,1-3H3,(H,38,46)(H,39,47)(H,40,42)(H,44,45). The number of amides is 4. The number of aliphatic carboxylic acids is 1. The van der Waals surface area contributed by atoms with Crippen LogP contribution in [0.25, 0.3) is 0 Å². The minimum Gasteiger partial charge on any atom is -0.480 e. The van der Waals surface area contributed by atoms with Crippen molar-refractivity contribution < 1.29 is 38.6 Å². The molecular weight excluding hydrogens is 630 g/mol. The Balaban J connectivity index is 1.98. The molecule has 2 aromatic carbocycles. The van der Waals surface area contributed by atoms with Crippen molar-refractivity contribution in [2.24, 2.45) is 5.73 Å². The van der Waals surface area contributed by atoms with Crippen LogP contribution in [0.2, 0.25) is 0 Å². The number of hydrogen-bond acceptors (Lipinski definition) is 8. The van der Waals surface area contributed by atoms with Gasteiger partial charge in [-0.3, -0.25) is 9.59 Å². The average molecular weight is 684 g/mol. The van der Waals surface area contributed by atoms with E-state index < -0.39 is 47.6 Å². The van der Waals surface area contributed by atoms with Crippen molar-refractivity contribution in [3.05, 3.63) is 71.8 Å². The molecule has 6 N–H and O–H groups in total. The van der Waals surface area contributed by atoms with Crippen LogP contribution in [0.5, 0.6) is 0 Å². The van der Waals surface area contributed by atoms with Crippen molar-refractivity contribution in [1.29, 1.82) is 0 Å². The Hall–Kier alpha value is -4.65. The van der Waals surface area contributed by atoms with Crippen LogP contribution in [-0.2, 0) is 37.1 Å². The first-order valence-corrected chi connectivity index (χ1v) is 16.9. The fraction of sp³-hybridized carbons (Fsp3) is 0.528. The van der Waals surface area contributed by atoms with E-state index >= 15 is 0 Å². The van der Waals surface area contributed by atoms with E-state index in [2.05, 4.69) is 16.0 Å². The highest BCUT2D eigenvalue weighted by Gasteiger charge is 2.40. The lowest BCUT2D eigenvalue weighted by Gasteiger charge is -2.42. The summed E-state index contributed by atoms with van der Waals surface area (Å²) in [5.41, 5.74) is 6.47. The van der Waals surface area contributed by atoms with Gasteiger partial charge in [-0.2, -0.15) is 0 Å². The molecule has 4 amide bonds. The molecule has 13 nitrogen and oxygen atoms in total. The molecule has 270 valence electrons. The number of alkyl carbamates (subject to hydrolysis) is 2. The number of carbonyl (C=O) groups excluding carboxylic acids is 4. The van der Waals surface area contributed by atoms with Crippen LogP contribution in [0.1, 0.15) is 83.3 Å². The van der Waals surface area contributed by atoms with Gasteiger partial charge < -0.3 is 41.2 Å². The van der Waals surface area contributed by atoms with Crippen LogP contribution in [0, 0.1) is 0 Å². The zero-order chi connectivity index (χ0) is 36.1. The number of ether oxygens (including phenoxy) is 2. The van der Waals surface area contributed by atoms with Crippen LogP contribution >= 0.6 is 0 Å². The summed E-state index contributed by atoms with van der Waals surface area (Å²) >= 11 is 0. The molecular formula is C36H53N5O8. The first-order chi connectivity index (χ1) is 23.4. The predicted molar refractivity (Wildman–Crippen MR) is 185 cm³/mol. The maximum absolute atomic E-state index is 14.1. The molecule has 2 atom stereocenters. The minimum absolute atomic E-state index is 0.0198. The average Bonchev–Trinajstić information content (AvgIpc) is 3.07. The lowest BCUT2D eigenvalue weighted by atomic mass is 9.96. The topological polar surface area (TPSA) is 189 Å². The van der Waals surface area contributed by atoms with Gasteiger partial charge >= 0.3 is 18.2 Å². The fourth-order valence-electron chi connectivity index (χ4n) is 5.14. The molecule has 49 heavy (non-hydrogen) atoms. The molecule has 0 saturated carbocycles. The van der Waals surface area contributed by atoms with Gasteiger partial charge in [0.15, 0.2) is 0 Å². The fourth-order valence-corrected chi connectivity index (χ4v) is 5.14. The van der Waals surface area contributed by atoms with E-state index in [1.807, 2.05) is 60.7 Å². The number of benzene rings is 2. The molecule has 2 aromatic rings. The van der Waals surface area contributed by atoms with Gasteiger partial charge in [-0.15, -0.1) is 0 Å². The Bertz CT molecular complexity index is 1300. The Labute approximate surface area is 289 Å². The number of unbranched alkanes of at least 4 members (excludes halogenated alkanes) is 2. The molecule has 0 heterocycles. The van der Waals surface area contributed by atoms with Gasteiger partial charge in [0.1, 0.15) is 25.3 Å². The van der Waals surface area contributed by atoms with E-state index in [-0.39, 0.29) is 45.6 Å². The molecule has 0 aliphatic rings. The quantitative estimate of drug-likeness (QED) is 0.118. The summed E-state index contributed by atoms with van der Waals surface area (Å²) in [6.07, 6.45) is 1.66. The van der Waals surface area contributed by atoms with E-state index in [1.54, 1.807) is 20.8 Å². The second kappa shape index (κ2) is 22.1. The van der Waals surface area contributed by atoms with Crippen LogP contribution in [-0.4, -0.2) is 77.2 Å². The monoisotopic (exact) mass is 683 g/mol. The second-order valence-corrected chi connectivity index (χ2v) is 12.7. The van der Waals surface area contributed by atoms with Gasteiger partial charge in [0.05, 0.1) is 0 Å². The lowest BCUT2D eigenvalue weighted by molar-refractivity contribution is -0.157. The molecule has 0 aromatic heterocycles. The van der Waals surface area contributed by atoms with Crippen molar-refractivity contribution in [2.75, 3.05) is 19.6 Å². The summed E-state index contributed by atoms with van der Waals surface area (Å²) in [5, 5.41) is 18.2. The van der Waals surface area contributed by atoms with Gasteiger partial charge in [-0.25, -0.2) is 14.4 Å². The number of carboxylic acids is 1. The van der Waals surface area contributed by atoms with Gasteiger partial charge in [-0.05, 0) is 83.4 Å². The third-order valence-corrected chi connectivity index (χ3v) is 7.59. The number of carbonyl (C=O) groups is 5. The van der Waals surface area contributed by atoms with Gasteiger partial charge in [0.2, 0.25) is 11.8 Å². The number of hydrogen-bond donors (Lipinski definition) is 5. The first kappa shape index (κ1) is 40.5. The number of nitrogens with zero attached hydrogens (tertiary/aromatic N) is 1. The maximum atomic E-state index is 14.1. The summed E-state index contributed by atoms with van der Waals surface area (Å²) in [4.78, 5) is 65.0. The summed E-state index contributed by atoms with van der Waals surface area (Å²) in [6, 6.07) is 16.4. The van der Waals surface area contributed by atoms with Crippen LogP contribution in [0.4, 0.5) is 9.59 Å². The van der Waals surface area contributed by atoms with Gasteiger partial charge in [0, 0.05) is 25.0 Å². The Morgan fingerprint density at radius 1 is 0.755 bits per heavy atom. The van der Waals surface area contributed by atoms with Crippen molar-refractivity contribution >= 4 is 30.0 Å². The summed E-state index contributed by atoms with van der Waals surface area (Å²) in [6.45, 7) is 6.41. The van der Waals surface area contributed by atoms with Crippen LogP contribution < -0.4 is 21.7 Å². The highest BCUT2D eigenvalue weighted by molar-refractivity contribution is 5.91. The molecule has 0 fully saturated rings. The highest BCUT2D eigenvalue weighted by atomic mass is 16.6. The number of nitrogens with two attached hydrogens (primary N) is 1. The van der Waals surface area contributed by atoms with Crippen LogP contribution in [0.15, 0.2) is 60.7 Å². The lowest BCUT2D eigenvalue weighted by Crippen LogP contribution is -2.60. The third kappa shape index (κ3) is 16.3. The summed E-state index contributed by atoms with van der Waals surface area (Å²) in [5.74, 6) is -2.04. The molecule has 0 aliphatic heterocycles. The molecule has 13 heteroatoms. The molecule has 0 radical (unpaired) electrons. The second-order valence-electron chi connectivity index (χ2n) is 12.7. The molecule has 2 unspecified atom stereocenters. The largest absolute Gasteiger partial charge is 0.480 e. The SMILES string of the molecule is CC(C)(C)N(C(=O)C(CCCCNC(=O)OCc1ccccc1)NC(=O)CCCNC(=O)OCc1ccccc1)C(CCCCN)C(=O)O. The first-order valence-electron chi connectivity index (χ1n) is 16.9. The van der Waals surface area contributed by atoms with E-state index in [0.717, 1.165) is 11.1 Å².